The first-order chi connectivity index (χ1) is 9.98. The molecule has 7 nitrogen and oxygen atoms in total. The molecule has 0 amide bonds. The summed E-state index contributed by atoms with van der Waals surface area (Å²) in [5.41, 5.74) is -1.51. The molecule has 11 heteroatoms. The molecular formula is C11H13F3N4O3S. The zero-order valence-electron chi connectivity index (χ0n) is 12.0. The molecule has 0 spiro atoms. The molecule has 0 radical (unpaired) electrons. The summed E-state index contributed by atoms with van der Waals surface area (Å²) in [5.74, 6) is -3.14. The van der Waals surface area contributed by atoms with Crippen LogP contribution in [0.15, 0.2) is 0 Å². The molecule has 0 aromatic carbocycles. The number of carbonyl (C=O) groups excluding carboxylic acids is 1. The zero-order chi connectivity index (χ0) is 17.3. The molecule has 1 aromatic rings. The maximum absolute atomic E-state index is 12.8. The summed E-state index contributed by atoms with van der Waals surface area (Å²) in [4.78, 5) is 15.2. The Morgan fingerprint density at radius 3 is 2.32 bits per heavy atom. The van der Waals surface area contributed by atoms with Crippen molar-refractivity contribution in [3.8, 4) is 6.07 Å². The minimum atomic E-state index is -5.28. The number of aryl methyl sites for hydroxylation is 1. The number of imidazole rings is 1. The van der Waals surface area contributed by atoms with Gasteiger partial charge in [-0.25, -0.2) is 4.98 Å². The second-order valence-corrected chi connectivity index (χ2v) is 6.47. The SMILES string of the molecule is CCCc1nc(C#N)n(S(=O)(=O)N(C)C)c1C(=O)C(F)(F)F. The highest BCUT2D eigenvalue weighted by molar-refractivity contribution is 7.87. The molecule has 1 rings (SSSR count). The summed E-state index contributed by atoms with van der Waals surface area (Å²) in [6, 6.07) is 1.41. The minimum Gasteiger partial charge on any atom is -0.282 e. The predicted molar refractivity (Wildman–Crippen MR) is 69.3 cm³/mol. The van der Waals surface area contributed by atoms with Gasteiger partial charge in [0.1, 0.15) is 11.8 Å². The van der Waals surface area contributed by atoms with Gasteiger partial charge in [-0.3, -0.25) is 4.79 Å². The Kier molecular flexibility index (Phi) is 4.99. The maximum atomic E-state index is 12.8. The summed E-state index contributed by atoms with van der Waals surface area (Å²) < 4.78 is 63.2. The largest absolute Gasteiger partial charge is 0.456 e. The summed E-state index contributed by atoms with van der Waals surface area (Å²) in [7, 11) is -2.37. The lowest BCUT2D eigenvalue weighted by Crippen LogP contribution is -2.35. The van der Waals surface area contributed by atoms with Crippen LogP contribution in [0.2, 0.25) is 0 Å². The molecule has 0 unspecified atom stereocenters. The molecule has 22 heavy (non-hydrogen) atoms. The lowest BCUT2D eigenvalue weighted by Gasteiger charge is -2.16. The smallest absolute Gasteiger partial charge is 0.282 e. The molecule has 0 fully saturated rings. The molecule has 0 aliphatic rings. The first-order valence-electron chi connectivity index (χ1n) is 6.04. The van der Waals surface area contributed by atoms with Gasteiger partial charge in [0.05, 0.1) is 5.69 Å². The van der Waals surface area contributed by atoms with Crippen LogP contribution in [0.5, 0.6) is 0 Å². The van der Waals surface area contributed by atoms with Gasteiger partial charge in [0, 0.05) is 14.1 Å². The fourth-order valence-electron chi connectivity index (χ4n) is 1.68. The standard InChI is InChI=1S/C11H13F3N4O3S/c1-4-5-7-9(10(19)11(12,13)14)18(8(6-15)16-7)22(20,21)17(2)3/h4-5H2,1-3H3. The van der Waals surface area contributed by atoms with Gasteiger partial charge in [0.25, 0.3) is 5.78 Å². The molecule has 0 aliphatic carbocycles. The molecule has 0 bridgehead atoms. The zero-order valence-corrected chi connectivity index (χ0v) is 12.8. The first kappa shape index (κ1) is 18.1. The van der Waals surface area contributed by atoms with Gasteiger partial charge in [-0.1, -0.05) is 13.3 Å². The topological polar surface area (TPSA) is 96.1 Å². The summed E-state index contributed by atoms with van der Waals surface area (Å²) >= 11 is 0. The number of halogens is 3. The lowest BCUT2D eigenvalue weighted by atomic mass is 10.1. The van der Waals surface area contributed by atoms with Gasteiger partial charge >= 0.3 is 16.4 Å². The number of nitrogens with zero attached hydrogens (tertiary/aromatic N) is 4. The van der Waals surface area contributed by atoms with E-state index >= 15 is 0 Å². The van der Waals surface area contributed by atoms with Crippen molar-refractivity contribution in [2.75, 3.05) is 14.1 Å². The van der Waals surface area contributed by atoms with E-state index in [1.807, 2.05) is 0 Å². The Morgan fingerprint density at radius 2 is 1.95 bits per heavy atom. The van der Waals surface area contributed by atoms with Crippen LogP contribution in [0, 0.1) is 11.3 Å². The average Bonchev–Trinajstić information content (AvgIpc) is 2.75. The summed E-state index contributed by atoms with van der Waals surface area (Å²) in [6.45, 7) is 1.62. The molecule has 0 aliphatic heterocycles. The van der Waals surface area contributed by atoms with Crippen LogP contribution in [-0.4, -0.2) is 47.7 Å². The van der Waals surface area contributed by atoms with E-state index in [9.17, 15) is 26.4 Å². The third-order valence-corrected chi connectivity index (χ3v) is 4.40. The van der Waals surface area contributed by atoms with Gasteiger partial charge in [-0.2, -0.15) is 35.1 Å². The van der Waals surface area contributed by atoms with Crippen LogP contribution in [0.1, 0.15) is 35.4 Å². The van der Waals surface area contributed by atoms with E-state index in [-0.39, 0.29) is 16.1 Å². The van der Waals surface area contributed by atoms with Crippen molar-refractivity contribution >= 4 is 16.0 Å². The predicted octanol–water partition coefficient (Wildman–Crippen LogP) is 1.11. The minimum absolute atomic E-state index is 0.0494. The van der Waals surface area contributed by atoms with Crippen molar-refractivity contribution in [1.29, 1.82) is 5.26 Å². The van der Waals surface area contributed by atoms with Gasteiger partial charge in [0.15, 0.2) is 0 Å². The van der Waals surface area contributed by atoms with E-state index in [1.165, 1.54) is 6.07 Å². The van der Waals surface area contributed by atoms with Gasteiger partial charge < -0.3 is 0 Å². The van der Waals surface area contributed by atoms with Crippen LogP contribution in [0.4, 0.5) is 13.2 Å². The van der Waals surface area contributed by atoms with E-state index in [0.29, 0.717) is 10.7 Å². The Morgan fingerprint density at radius 1 is 1.41 bits per heavy atom. The Labute approximate surface area is 125 Å². The fraction of sp³-hybridized carbons (Fsp3) is 0.545. The second-order valence-electron chi connectivity index (χ2n) is 4.47. The van der Waals surface area contributed by atoms with Crippen LogP contribution in [0.3, 0.4) is 0 Å². The number of nitriles is 1. The van der Waals surface area contributed by atoms with Crippen molar-refractivity contribution in [3.63, 3.8) is 0 Å². The highest BCUT2D eigenvalue weighted by Crippen LogP contribution is 2.27. The number of alkyl halides is 3. The van der Waals surface area contributed by atoms with Crippen LogP contribution >= 0.6 is 0 Å². The molecule has 0 atom stereocenters. The number of hydrogen-bond acceptors (Lipinski definition) is 5. The molecule has 1 heterocycles. The van der Waals surface area contributed by atoms with Crippen molar-refractivity contribution in [2.24, 2.45) is 0 Å². The highest BCUT2D eigenvalue weighted by Gasteiger charge is 2.45. The molecule has 122 valence electrons. The van der Waals surface area contributed by atoms with Crippen molar-refractivity contribution in [3.05, 3.63) is 17.2 Å². The fourth-order valence-corrected chi connectivity index (χ4v) is 2.72. The molecule has 0 N–H and O–H groups in total. The van der Waals surface area contributed by atoms with E-state index in [2.05, 4.69) is 4.98 Å². The molecular weight excluding hydrogens is 325 g/mol. The molecule has 1 aromatic heterocycles. The number of ketones is 1. The van der Waals surface area contributed by atoms with Crippen LogP contribution in [-0.2, 0) is 16.6 Å². The Balaban J connectivity index is 3.82. The quantitative estimate of drug-likeness (QED) is 0.749. The van der Waals surface area contributed by atoms with Gasteiger partial charge in [0.2, 0.25) is 5.82 Å². The van der Waals surface area contributed by atoms with Crippen LogP contribution < -0.4 is 0 Å². The number of hydrogen-bond donors (Lipinski definition) is 0. The van der Waals surface area contributed by atoms with E-state index in [4.69, 9.17) is 5.26 Å². The van der Waals surface area contributed by atoms with E-state index in [1.54, 1.807) is 6.92 Å². The normalized spacial score (nSPS) is 12.5. The van der Waals surface area contributed by atoms with Gasteiger partial charge in [-0.05, 0) is 6.42 Å². The van der Waals surface area contributed by atoms with Crippen LogP contribution in [0.25, 0.3) is 0 Å². The van der Waals surface area contributed by atoms with Gasteiger partial charge in [-0.15, -0.1) is 0 Å². The monoisotopic (exact) mass is 338 g/mol. The third-order valence-electron chi connectivity index (χ3n) is 2.66. The third kappa shape index (κ3) is 3.12. The second kappa shape index (κ2) is 6.05. The Hall–Kier alpha value is -1.93. The highest BCUT2D eigenvalue weighted by atomic mass is 32.2. The summed E-state index contributed by atoms with van der Waals surface area (Å²) in [5, 5.41) is 8.95. The van der Waals surface area contributed by atoms with E-state index in [0.717, 1.165) is 14.1 Å². The Bertz CT molecular complexity index is 729. The maximum Gasteiger partial charge on any atom is 0.456 e. The van der Waals surface area contributed by atoms with Crippen molar-refractivity contribution in [1.82, 2.24) is 13.3 Å². The molecule has 0 saturated carbocycles. The average molecular weight is 338 g/mol. The first-order valence-corrected chi connectivity index (χ1v) is 7.44. The molecule has 0 saturated heterocycles. The van der Waals surface area contributed by atoms with Crippen molar-refractivity contribution < 1.29 is 26.4 Å². The number of rotatable bonds is 5. The van der Waals surface area contributed by atoms with Crippen molar-refractivity contribution in [2.45, 2.75) is 25.9 Å². The number of Topliss-reactive ketones (excluding diaryl/α,β-unsaturated/α-hetero) is 1. The number of carbonyl (C=O) groups is 1. The van der Waals surface area contributed by atoms with E-state index < -0.39 is 33.7 Å². The number of aromatic nitrogens is 2. The lowest BCUT2D eigenvalue weighted by molar-refractivity contribution is -0.0889. The summed E-state index contributed by atoms with van der Waals surface area (Å²) in [6.07, 6.45) is -5.03.